The summed E-state index contributed by atoms with van der Waals surface area (Å²) in [5, 5.41) is 0. The molecule has 0 aliphatic carbocycles. The number of anilines is 1. The number of carbonyl (C=O) groups excluding carboxylic acids is 1. The Kier molecular flexibility index (Phi) is 4.49. The number of ether oxygens (including phenoxy) is 1. The summed E-state index contributed by atoms with van der Waals surface area (Å²) >= 11 is 0. The van der Waals surface area contributed by atoms with Gasteiger partial charge in [0.1, 0.15) is 11.3 Å². The third kappa shape index (κ3) is 2.88. The predicted octanol–water partition coefficient (Wildman–Crippen LogP) is 1.44. The summed E-state index contributed by atoms with van der Waals surface area (Å²) in [5.41, 5.74) is 6.89. The van der Waals surface area contributed by atoms with Crippen molar-refractivity contribution in [3.63, 3.8) is 0 Å². The molecule has 1 fully saturated rings. The van der Waals surface area contributed by atoms with Gasteiger partial charge in [-0.2, -0.15) is 0 Å². The molecule has 0 atom stereocenters. The number of rotatable bonds is 3. The van der Waals surface area contributed by atoms with Crippen LogP contribution in [0.1, 0.15) is 24.2 Å². The SMILES string of the molecule is COc1cccc(N)c1C(=O)N1CCN(C(C)C)CC1. The monoisotopic (exact) mass is 277 g/mol. The summed E-state index contributed by atoms with van der Waals surface area (Å²) in [6.07, 6.45) is 0. The number of nitrogen functional groups attached to an aromatic ring is 1. The molecule has 0 bridgehead atoms. The first-order valence-corrected chi connectivity index (χ1v) is 7.00. The fraction of sp³-hybridized carbons (Fsp3) is 0.533. The number of hydrogen-bond acceptors (Lipinski definition) is 4. The molecule has 1 aromatic rings. The zero-order valence-electron chi connectivity index (χ0n) is 12.4. The average molecular weight is 277 g/mol. The van der Waals surface area contributed by atoms with Crippen LogP contribution in [0.25, 0.3) is 0 Å². The van der Waals surface area contributed by atoms with Crippen molar-refractivity contribution in [2.45, 2.75) is 19.9 Å². The Morgan fingerprint density at radius 3 is 2.45 bits per heavy atom. The van der Waals surface area contributed by atoms with Crippen LogP contribution in [0.2, 0.25) is 0 Å². The van der Waals surface area contributed by atoms with Crippen molar-refractivity contribution in [1.29, 1.82) is 0 Å². The Bertz CT molecular complexity index is 480. The number of piperazine rings is 1. The Hall–Kier alpha value is -1.75. The van der Waals surface area contributed by atoms with Crippen molar-refractivity contribution in [3.05, 3.63) is 23.8 Å². The van der Waals surface area contributed by atoms with Crippen LogP contribution < -0.4 is 10.5 Å². The van der Waals surface area contributed by atoms with Crippen LogP contribution in [0, 0.1) is 0 Å². The number of amides is 1. The van der Waals surface area contributed by atoms with Gasteiger partial charge < -0.3 is 15.4 Å². The van der Waals surface area contributed by atoms with E-state index in [1.54, 1.807) is 25.3 Å². The summed E-state index contributed by atoms with van der Waals surface area (Å²) in [5.74, 6) is 0.504. The lowest BCUT2D eigenvalue weighted by Crippen LogP contribution is -2.50. The highest BCUT2D eigenvalue weighted by atomic mass is 16.5. The second kappa shape index (κ2) is 6.13. The van der Waals surface area contributed by atoms with Crippen molar-refractivity contribution < 1.29 is 9.53 Å². The molecule has 0 spiro atoms. The quantitative estimate of drug-likeness (QED) is 0.849. The van der Waals surface area contributed by atoms with Gasteiger partial charge in [0, 0.05) is 37.9 Å². The summed E-state index contributed by atoms with van der Waals surface area (Å²) < 4.78 is 5.26. The number of nitrogens with zero attached hydrogens (tertiary/aromatic N) is 2. The highest BCUT2D eigenvalue weighted by molar-refractivity contribution is 6.01. The van der Waals surface area contributed by atoms with Crippen molar-refractivity contribution >= 4 is 11.6 Å². The molecule has 110 valence electrons. The zero-order chi connectivity index (χ0) is 14.7. The number of methoxy groups -OCH3 is 1. The fourth-order valence-electron chi connectivity index (χ4n) is 2.55. The van der Waals surface area contributed by atoms with Gasteiger partial charge in [-0.05, 0) is 26.0 Å². The maximum atomic E-state index is 12.6. The third-order valence-corrected chi connectivity index (χ3v) is 3.82. The van der Waals surface area contributed by atoms with E-state index in [9.17, 15) is 4.79 Å². The lowest BCUT2D eigenvalue weighted by Gasteiger charge is -2.37. The van der Waals surface area contributed by atoms with E-state index in [4.69, 9.17) is 10.5 Å². The van der Waals surface area contributed by atoms with E-state index in [0.29, 0.717) is 23.0 Å². The van der Waals surface area contributed by atoms with E-state index >= 15 is 0 Å². The van der Waals surface area contributed by atoms with Gasteiger partial charge in [-0.3, -0.25) is 9.69 Å². The molecule has 2 rings (SSSR count). The molecular formula is C15H23N3O2. The van der Waals surface area contributed by atoms with Crippen LogP contribution in [0.5, 0.6) is 5.75 Å². The summed E-state index contributed by atoms with van der Waals surface area (Å²) in [7, 11) is 1.56. The van der Waals surface area contributed by atoms with Gasteiger partial charge in [0.05, 0.1) is 7.11 Å². The van der Waals surface area contributed by atoms with Gasteiger partial charge >= 0.3 is 0 Å². The predicted molar refractivity (Wildman–Crippen MR) is 80.0 cm³/mol. The maximum Gasteiger partial charge on any atom is 0.259 e. The average Bonchev–Trinajstić information content (AvgIpc) is 2.46. The molecule has 5 nitrogen and oxygen atoms in total. The van der Waals surface area contributed by atoms with Crippen LogP contribution in [-0.2, 0) is 0 Å². The van der Waals surface area contributed by atoms with Crippen LogP contribution >= 0.6 is 0 Å². The van der Waals surface area contributed by atoms with E-state index < -0.39 is 0 Å². The number of benzene rings is 1. The molecule has 1 aliphatic rings. The fourth-order valence-corrected chi connectivity index (χ4v) is 2.55. The number of nitrogens with two attached hydrogens (primary N) is 1. The normalized spacial score (nSPS) is 16.5. The lowest BCUT2D eigenvalue weighted by molar-refractivity contribution is 0.0593. The van der Waals surface area contributed by atoms with Gasteiger partial charge in [-0.15, -0.1) is 0 Å². The first-order valence-electron chi connectivity index (χ1n) is 7.00. The van der Waals surface area contributed by atoms with Crippen molar-refractivity contribution in [1.82, 2.24) is 9.80 Å². The molecule has 1 heterocycles. The first-order chi connectivity index (χ1) is 9.54. The number of hydrogen-bond donors (Lipinski definition) is 1. The van der Waals surface area contributed by atoms with Gasteiger partial charge in [0.2, 0.25) is 0 Å². The Morgan fingerprint density at radius 2 is 1.90 bits per heavy atom. The molecule has 0 aromatic heterocycles. The Balaban J connectivity index is 2.13. The van der Waals surface area contributed by atoms with E-state index in [0.717, 1.165) is 26.2 Å². The van der Waals surface area contributed by atoms with E-state index in [2.05, 4.69) is 18.7 Å². The third-order valence-electron chi connectivity index (χ3n) is 3.82. The first kappa shape index (κ1) is 14.7. The molecule has 1 aromatic carbocycles. The van der Waals surface area contributed by atoms with Gasteiger partial charge in [-0.25, -0.2) is 0 Å². The molecule has 1 aliphatic heterocycles. The molecule has 0 saturated carbocycles. The minimum absolute atomic E-state index is 0.0386. The van der Waals surface area contributed by atoms with Crippen molar-refractivity contribution in [3.8, 4) is 5.75 Å². The summed E-state index contributed by atoms with van der Waals surface area (Å²) in [6.45, 7) is 7.62. The van der Waals surface area contributed by atoms with Crippen molar-refractivity contribution in [2.24, 2.45) is 0 Å². The molecule has 5 heteroatoms. The summed E-state index contributed by atoms with van der Waals surface area (Å²) in [4.78, 5) is 16.8. The molecule has 1 amide bonds. The van der Waals surface area contributed by atoms with Gasteiger partial charge in [0.25, 0.3) is 5.91 Å². The highest BCUT2D eigenvalue weighted by Crippen LogP contribution is 2.26. The largest absolute Gasteiger partial charge is 0.496 e. The minimum atomic E-state index is -0.0386. The lowest BCUT2D eigenvalue weighted by atomic mass is 10.1. The molecule has 2 N–H and O–H groups in total. The second-order valence-electron chi connectivity index (χ2n) is 5.35. The topological polar surface area (TPSA) is 58.8 Å². The van der Waals surface area contributed by atoms with Crippen LogP contribution in [0.3, 0.4) is 0 Å². The van der Waals surface area contributed by atoms with E-state index in [-0.39, 0.29) is 5.91 Å². The van der Waals surface area contributed by atoms with Crippen LogP contribution in [-0.4, -0.2) is 55.0 Å². The molecule has 0 unspecified atom stereocenters. The molecule has 1 saturated heterocycles. The van der Waals surface area contributed by atoms with Crippen LogP contribution in [0.4, 0.5) is 5.69 Å². The summed E-state index contributed by atoms with van der Waals surface area (Å²) in [6, 6.07) is 5.82. The number of carbonyl (C=O) groups is 1. The molecular weight excluding hydrogens is 254 g/mol. The van der Waals surface area contributed by atoms with E-state index in [1.165, 1.54) is 0 Å². The maximum absolute atomic E-state index is 12.6. The molecule has 0 radical (unpaired) electrons. The van der Waals surface area contributed by atoms with Gasteiger partial charge in [0.15, 0.2) is 0 Å². The highest BCUT2D eigenvalue weighted by Gasteiger charge is 2.26. The van der Waals surface area contributed by atoms with E-state index in [1.807, 2.05) is 4.90 Å². The smallest absolute Gasteiger partial charge is 0.259 e. The standard InChI is InChI=1S/C15H23N3O2/c1-11(2)17-7-9-18(10-8-17)15(19)14-12(16)5-4-6-13(14)20-3/h4-6,11H,7-10,16H2,1-3H3. The molecule has 20 heavy (non-hydrogen) atoms. The Morgan fingerprint density at radius 1 is 1.25 bits per heavy atom. The minimum Gasteiger partial charge on any atom is -0.496 e. The van der Waals surface area contributed by atoms with Crippen molar-refractivity contribution in [2.75, 3.05) is 39.0 Å². The second-order valence-corrected chi connectivity index (χ2v) is 5.35. The van der Waals surface area contributed by atoms with Gasteiger partial charge in [-0.1, -0.05) is 6.07 Å². The van der Waals surface area contributed by atoms with Crippen LogP contribution in [0.15, 0.2) is 18.2 Å². The zero-order valence-corrected chi connectivity index (χ0v) is 12.4. The Labute approximate surface area is 120 Å².